The Morgan fingerprint density at radius 3 is 2.77 bits per heavy atom. The molecule has 0 spiro atoms. The molecule has 136 valence electrons. The molecule has 2 aliphatic rings. The molecule has 0 aromatic carbocycles. The molecule has 4 rings (SSSR count). The number of carbonyl (C=O) groups excluding carboxylic acids is 2. The van der Waals surface area contributed by atoms with E-state index in [4.69, 9.17) is 5.73 Å². The van der Waals surface area contributed by atoms with Crippen LogP contribution in [0.4, 0.5) is 0 Å². The molecule has 3 heterocycles. The number of piperidine rings is 1. The highest BCUT2D eigenvalue weighted by Crippen LogP contribution is 2.47. The summed E-state index contributed by atoms with van der Waals surface area (Å²) < 4.78 is 2.10. The van der Waals surface area contributed by atoms with Gasteiger partial charge in [0.15, 0.2) is 0 Å². The highest BCUT2D eigenvalue weighted by molar-refractivity contribution is 6.07. The van der Waals surface area contributed by atoms with Crippen molar-refractivity contribution < 1.29 is 9.59 Å². The number of primary amides is 1. The van der Waals surface area contributed by atoms with E-state index in [2.05, 4.69) is 14.5 Å². The van der Waals surface area contributed by atoms with Gasteiger partial charge in [-0.2, -0.15) is 0 Å². The Bertz CT molecular complexity index is 812. The molecule has 1 saturated carbocycles. The number of amides is 2. The van der Waals surface area contributed by atoms with Crippen LogP contribution in [-0.4, -0.2) is 44.3 Å². The zero-order chi connectivity index (χ0) is 18.1. The molecule has 1 aliphatic carbocycles. The number of rotatable bonds is 5. The monoisotopic (exact) mass is 353 g/mol. The lowest BCUT2D eigenvalue weighted by Gasteiger charge is -2.34. The van der Waals surface area contributed by atoms with E-state index >= 15 is 0 Å². The van der Waals surface area contributed by atoms with Crippen LogP contribution in [0.2, 0.25) is 0 Å². The van der Waals surface area contributed by atoms with Gasteiger partial charge in [-0.3, -0.25) is 14.6 Å². The maximum atomic E-state index is 12.8. The number of pyridine rings is 1. The Hall–Kier alpha value is -2.70. The third kappa shape index (κ3) is 2.98. The van der Waals surface area contributed by atoms with Crippen molar-refractivity contribution in [3.8, 4) is 0 Å². The fourth-order valence-electron chi connectivity index (χ4n) is 3.85. The Labute approximate surface area is 152 Å². The number of likely N-dealkylation sites (tertiary alicyclic amines) is 1. The Morgan fingerprint density at radius 1 is 1.23 bits per heavy atom. The lowest BCUT2D eigenvalue weighted by molar-refractivity contribution is -0.144. The summed E-state index contributed by atoms with van der Waals surface area (Å²) in [7, 11) is 0. The topological polar surface area (TPSA) is 94.1 Å². The largest absolute Gasteiger partial charge is 0.369 e. The number of imidazole rings is 1. The van der Waals surface area contributed by atoms with Crippen molar-refractivity contribution in [2.24, 2.45) is 11.1 Å². The van der Waals surface area contributed by atoms with E-state index < -0.39 is 11.3 Å². The minimum atomic E-state index is -0.939. The SMILES string of the molecule is NC(=O)C1(C(=O)N2CCCC(c3nccn3Cc3ccccn3)C2)CC1. The van der Waals surface area contributed by atoms with Crippen molar-refractivity contribution in [2.45, 2.75) is 38.1 Å². The smallest absolute Gasteiger partial charge is 0.238 e. The summed E-state index contributed by atoms with van der Waals surface area (Å²) in [4.78, 5) is 35.2. The molecule has 2 aromatic heterocycles. The number of hydrogen-bond donors (Lipinski definition) is 1. The lowest BCUT2D eigenvalue weighted by Crippen LogP contribution is -2.47. The Balaban J connectivity index is 1.50. The molecule has 0 radical (unpaired) electrons. The summed E-state index contributed by atoms with van der Waals surface area (Å²) in [6, 6.07) is 5.86. The molecule has 2 aromatic rings. The van der Waals surface area contributed by atoms with E-state index in [1.54, 1.807) is 12.4 Å². The van der Waals surface area contributed by atoms with Gasteiger partial charge in [0.2, 0.25) is 11.8 Å². The summed E-state index contributed by atoms with van der Waals surface area (Å²) in [6.07, 6.45) is 8.58. The van der Waals surface area contributed by atoms with Gasteiger partial charge in [-0.25, -0.2) is 4.98 Å². The van der Waals surface area contributed by atoms with Crippen LogP contribution >= 0.6 is 0 Å². The standard InChI is InChI=1S/C19H23N5O2/c20-17(25)19(6-7-19)18(26)24-10-3-4-14(12-24)16-22-9-11-23(16)13-15-5-1-2-8-21-15/h1-2,5,8-9,11,14H,3-4,6-7,10,12-13H2,(H2,20,25). The first-order valence-corrected chi connectivity index (χ1v) is 9.10. The van der Waals surface area contributed by atoms with E-state index in [9.17, 15) is 9.59 Å². The first kappa shape index (κ1) is 16.8. The second kappa shape index (κ2) is 6.55. The minimum absolute atomic E-state index is 0.0995. The first-order chi connectivity index (χ1) is 12.6. The summed E-state index contributed by atoms with van der Waals surface area (Å²) in [5, 5.41) is 0. The summed E-state index contributed by atoms with van der Waals surface area (Å²) in [5.41, 5.74) is 5.50. The van der Waals surface area contributed by atoms with Gasteiger partial charge < -0.3 is 15.2 Å². The van der Waals surface area contributed by atoms with E-state index in [1.165, 1.54) is 0 Å². The zero-order valence-electron chi connectivity index (χ0n) is 14.7. The van der Waals surface area contributed by atoms with Gasteiger partial charge in [-0.15, -0.1) is 0 Å². The average Bonchev–Trinajstić information content (AvgIpc) is 3.36. The minimum Gasteiger partial charge on any atom is -0.369 e. The Kier molecular flexibility index (Phi) is 4.22. The molecule has 2 fully saturated rings. The van der Waals surface area contributed by atoms with Crippen LogP contribution in [-0.2, 0) is 16.1 Å². The highest BCUT2D eigenvalue weighted by atomic mass is 16.2. The second-order valence-electron chi connectivity index (χ2n) is 7.27. The second-order valence-corrected chi connectivity index (χ2v) is 7.27. The van der Waals surface area contributed by atoms with E-state index in [1.807, 2.05) is 29.3 Å². The van der Waals surface area contributed by atoms with Gasteiger partial charge in [0.1, 0.15) is 11.2 Å². The summed E-state index contributed by atoms with van der Waals surface area (Å²) in [6.45, 7) is 1.93. The van der Waals surface area contributed by atoms with Crippen LogP contribution in [0.25, 0.3) is 0 Å². The van der Waals surface area contributed by atoms with Gasteiger partial charge in [0, 0.05) is 37.6 Å². The van der Waals surface area contributed by atoms with Crippen LogP contribution in [0.5, 0.6) is 0 Å². The van der Waals surface area contributed by atoms with Crippen LogP contribution in [0.15, 0.2) is 36.8 Å². The summed E-state index contributed by atoms with van der Waals surface area (Å²) >= 11 is 0. The number of aromatic nitrogens is 3. The molecule has 7 nitrogen and oxygen atoms in total. The molecule has 1 saturated heterocycles. The molecule has 7 heteroatoms. The van der Waals surface area contributed by atoms with Gasteiger partial charge in [0.25, 0.3) is 0 Å². The van der Waals surface area contributed by atoms with Gasteiger partial charge in [0.05, 0.1) is 12.2 Å². The third-order valence-electron chi connectivity index (χ3n) is 5.51. The predicted octanol–water partition coefficient (Wildman–Crippen LogP) is 1.30. The molecule has 1 aliphatic heterocycles. The van der Waals surface area contributed by atoms with Crippen molar-refractivity contribution in [3.63, 3.8) is 0 Å². The van der Waals surface area contributed by atoms with E-state index in [-0.39, 0.29) is 11.8 Å². The van der Waals surface area contributed by atoms with Crippen molar-refractivity contribution in [1.82, 2.24) is 19.4 Å². The normalized spacial score (nSPS) is 21.4. The Morgan fingerprint density at radius 2 is 2.08 bits per heavy atom. The highest BCUT2D eigenvalue weighted by Gasteiger charge is 2.57. The number of carbonyl (C=O) groups is 2. The van der Waals surface area contributed by atoms with Crippen LogP contribution in [0, 0.1) is 5.41 Å². The quantitative estimate of drug-likeness (QED) is 0.820. The molecular weight excluding hydrogens is 330 g/mol. The average molecular weight is 353 g/mol. The molecule has 2 N–H and O–H groups in total. The molecule has 26 heavy (non-hydrogen) atoms. The van der Waals surface area contributed by atoms with Crippen molar-refractivity contribution in [1.29, 1.82) is 0 Å². The van der Waals surface area contributed by atoms with Crippen LogP contribution in [0.1, 0.15) is 43.1 Å². The van der Waals surface area contributed by atoms with Crippen LogP contribution in [0.3, 0.4) is 0 Å². The first-order valence-electron chi connectivity index (χ1n) is 9.10. The van der Waals surface area contributed by atoms with Gasteiger partial charge in [-0.05, 0) is 37.8 Å². The maximum absolute atomic E-state index is 12.8. The molecular formula is C19H23N5O2. The fourth-order valence-corrected chi connectivity index (χ4v) is 3.85. The molecule has 1 unspecified atom stereocenters. The molecule has 2 amide bonds. The zero-order valence-corrected chi connectivity index (χ0v) is 14.7. The summed E-state index contributed by atoms with van der Waals surface area (Å²) in [5.74, 6) is 0.547. The van der Waals surface area contributed by atoms with Crippen molar-refractivity contribution in [3.05, 3.63) is 48.3 Å². The van der Waals surface area contributed by atoms with Gasteiger partial charge >= 0.3 is 0 Å². The predicted molar refractivity (Wildman–Crippen MR) is 95.0 cm³/mol. The fraction of sp³-hybridized carbons (Fsp3) is 0.474. The third-order valence-corrected chi connectivity index (χ3v) is 5.51. The van der Waals surface area contributed by atoms with Crippen molar-refractivity contribution in [2.75, 3.05) is 13.1 Å². The van der Waals surface area contributed by atoms with E-state index in [0.717, 1.165) is 24.4 Å². The van der Waals surface area contributed by atoms with Crippen molar-refractivity contribution >= 4 is 11.8 Å². The van der Waals surface area contributed by atoms with Crippen LogP contribution < -0.4 is 5.73 Å². The molecule has 1 atom stereocenters. The molecule has 0 bridgehead atoms. The maximum Gasteiger partial charge on any atom is 0.238 e. The number of nitrogens with two attached hydrogens (primary N) is 1. The van der Waals surface area contributed by atoms with Gasteiger partial charge in [-0.1, -0.05) is 6.07 Å². The number of hydrogen-bond acceptors (Lipinski definition) is 4. The number of nitrogens with zero attached hydrogens (tertiary/aromatic N) is 4. The van der Waals surface area contributed by atoms with E-state index in [0.29, 0.717) is 32.5 Å². The lowest BCUT2D eigenvalue weighted by atomic mass is 9.94.